The van der Waals surface area contributed by atoms with Crippen molar-refractivity contribution in [2.75, 3.05) is 0 Å². The number of rotatable bonds is 6. The van der Waals surface area contributed by atoms with Crippen LogP contribution in [-0.2, 0) is 11.2 Å². The van der Waals surface area contributed by atoms with Crippen LogP contribution in [0.1, 0.15) is 23.7 Å². The van der Waals surface area contributed by atoms with Gasteiger partial charge in [0.25, 0.3) is 5.69 Å². The van der Waals surface area contributed by atoms with Crippen molar-refractivity contribution in [1.29, 1.82) is 5.26 Å². The van der Waals surface area contributed by atoms with E-state index in [0.717, 1.165) is 6.07 Å². The lowest BCUT2D eigenvalue weighted by Gasteiger charge is -2.15. The molecule has 0 radical (unpaired) electrons. The van der Waals surface area contributed by atoms with Crippen LogP contribution in [0.3, 0.4) is 0 Å². The quantitative estimate of drug-likeness (QED) is 0.509. The average Bonchev–Trinajstić information content (AvgIpc) is 2.37. The van der Waals surface area contributed by atoms with Gasteiger partial charge in [0.1, 0.15) is 6.10 Å². The molecule has 2 atom stereocenters. The van der Waals surface area contributed by atoms with Gasteiger partial charge in [-0.25, -0.2) is 0 Å². The molecule has 0 aliphatic rings. The minimum absolute atomic E-state index is 0.00628. The molecular formula is C12H12N2O6. The Hall–Kier alpha value is -2.50. The minimum Gasteiger partial charge on any atom is -0.481 e. The summed E-state index contributed by atoms with van der Waals surface area (Å²) in [7, 11) is 0. The second kappa shape index (κ2) is 6.60. The fourth-order valence-electron chi connectivity index (χ4n) is 1.67. The van der Waals surface area contributed by atoms with Gasteiger partial charge in [0.05, 0.1) is 29.9 Å². The maximum absolute atomic E-state index is 10.9. The zero-order chi connectivity index (χ0) is 15.3. The van der Waals surface area contributed by atoms with Gasteiger partial charge in [0, 0.05) is 11.6 Å². The van der Waals surface area contributed by atoms with Crippen LogP contribution in [0.5, 0.6) is 0 Å². The topological polar surface area (TPSA) is 145 Å². The summed E-state index contributed by atoms with van der Waals surface area (Å²) < 4.78 is 0. The molecule has 106 valence electrons. The number of aliphatic hydroxyl groups is 2. The summed E-state index contributed by atoms with van der Waals surface area (Å²) in [5.74, 6) is -1.22. The van der Waals surface area contributed by atoms with Crippen LogP contribution in [0.2, 0.25) is 0 Å². The fraction of sp³-hybridized carbons (Fsp3) is 0.333. The summed E-state index contributed by atoms with van der Waals surface area (Å²) in [4.78, 5) is 20.7. The normalized spacial score (nSPS) is 13.2. The number of nitro benzene ring substituents is 1. The van der Waals surface area contributed by atoms with Crippen LogP contribution in [-0.4, -0.2) is 32.3 Å². The lowest BCUT2D eigenvalue weighted by atomic mass is 9.99. The maximum atomic E-state index is 10.9. The molecule has 20 heavy (non-hydrogen) atoms. The van der Waals surface area contributed by atoms with Crippen molar-refractivity contribution in [1.82, 2.24) is 0 Å². The lowest BCUT2D eigenvalue weighted by molar-refractivity contribution is -0.385. The minimum atomic E-state index is -1.45. The molecule has 0 aliphatic heterocycles. The summed E-state index contributed by atoms with van der Waals surface area (Å²) in [6, 6.07) is 5.18. The second-order valence-corrected chi connectivity index (χ2v) is 4.09. The van der Waals surface area contributed by atoms with Crippen molar-refractivity contribution in [3.8, 4) is 6.07 Å². The first-order chi connectivity index (χ1) is 9.36. The van der Waals surface area contributed by atoms with E-state index in [0.29, 0.717) is 0 Å². The van der Waals surface area contributed by atoms with Crippen LogP contribution in [0.15, 0.2) is 18.2 Å². The Kier molecular flexibility index (Phi) is 5.14. The van der Waals surface area contributed by atoms with E-state index in [1.807, 2.05) is 0 Å². The van der Waals surface area contributed by atoms with Crippen molar-refractivity contribution in [2.24, 2.45) is 0 Å². The van der Waals surface area contributed by atoms with Gasteiger partial charge >= 0.3 is 5.97 Å². The summed E-state index contributed by atoms with van der Waals surface area (Å²) in [5, 5.41) is 47.2. The van der Waals surface area contributed by atoms with Gasteiger partial charge in [0.15, 0.2) is 0 Å². The number of nitriles is 1. The van der Waals surface area contributed by atoms with E-state index in [-0.39, 0.29) is 17.5 Å². The molecule has 0 bridgehead atoms. The van der Waals surface area contributed by atoms with Crippen LogP contribution < -0.4 is 0 Å². The van der Waals surface area contributed by atoms with Crippen LogP contribution in [0.4, 0.5) is 5.69 Å². The van der Waals surface area contributed by atoms with E-state index in [1.165, 1.54) is 12.1 Å². The molecule has 0 aliphatic carbocycles. The van der Waals surface area contributed by atoms with Gasteiger partial charge in [-0.05, 0) is 5.56 Å². The molecule has 0 aromatic heterocycles. The van der Waals surface area contributed by atoms with Crippen molar-refractivity contribution in [3.63, 3.8) is 0 Å². The van der Waals surface area contributed by atoms with Gasteiger partial charge in [-0.1, -0.05) is 12.1 Å². The molecule has 0 saturated heterocycles. The number of aliphatic hydroxyl groups excluding tert-OH is 2. The highest BCUT2D eigenvalue weighted by molar-refractivity contribution is 5.72. The zero-order valence-corrected chi connectivity index (χ0v) is 10.3. The van der Waals surface area contributed by atoms with E-state index in [2.05, 4.69) is 0 Å². The van der Waals surface area contributed by atoms with E-state index >= 15 is 0 Å². The highest BCUT2D eigenvalue weighted by Gasteiger charge is 2.23. The number of hydrogen-bond donors (Lipinski definition) is 3. The fourth-order valence-corrected chi connectivity index (χ4v) is 1.67. The average molecular weight is 280 g/mol. The molecular weight excluding hydrogens is 268 g/mol. The number of carbonyl (C=O) groups is 1. The van der Waals surface area contributed by atoms with E-state index < -0.39 is 35.2 Å². The number of nitrogens with zero attached hydrogens (tertiary/aromatic N) is 2. The molecule has 0 spiro atoms. The Morgan fingerprint density at radius 2 is 2.10 bits per heavy atom. The van der Waals surface area contributed by atoms with Gasteiger partial charge in [-0.3, -0.25) is 14.9 Å². The Labute approximate surface area is 113 Å². The number of carboxylic acid groups (broad SMARTS) is 1. The molecule has 0 heterocycles. The van der Waals surface area contributed by atoms with Gasteiger partial charge in [0.2, 0.25) is 0 Å². The number of hydrogen-bond acceptors (Lipinski definition) is 6. The molecule has 8 heteroatoms. The smallest absolute Gasteiger partial charge is 0.308 e. The second-order valence-electron chi connectivity index (χ2n) is 4.09. The summed E-state index contributed by atoms with van der Waals surface area (Å²) in [6.07, 6.45) is -3.67. The van der Waals surface area contributed by atoms with Crippen molar-refractivity contribution >= 4 is 11.7 Å². The number of aliphatic carboxylic acids is 1. The maximum Gasteiger partial charge on any atom is 0.308 e. The number of nitro groups is 1. The lowest BCUT2D eigenvalue weighted by Crippen LogP contribution is -2.18. The number of carboxylic acids is 1. The van der Waals surface area contributed by atoms with Gasteiger partial charge in [-0.2, -0.15) is 5.26 Å². The molecule has 1 rings (SSSR count). The summed E-state index contributed by atoms with van der Waals surface area (Å²) in [5.41, 5.74) is -0.407. The van der Waals surface area contributed by atoms with E-state index in [9.17, 15) is 25.1 Å². The molecule has 1 aromatic carbocycles. The standard InChI is InChI=1S/C12H12N2O6/c13-4-3-10(15)12(18)8-2-1-7(6-11(16)17)9(5-8)14(19)20/h1-2,5,10,12,15,18H,3,6H2,(H,16,17). The number of benzene rings is 1. The van der Waals surface area contributed by atoms with Crippen LogP contribution in [0, 0.1) is 21.4 Å². The first-order valence-electron chi connectivity index (χ1n) is 5.59. The summed E-state index contributed by atoms with van der Waals surface area (Å²) >= 11 is 0. The Morgan fingerprint density at radius 1 is 1.45 bits per heavy atom. The highest BCUT2D eigenvalue weighted by Crippen LogP contribution is 2.26. The summed E-state index contributed by atoms with van der Waals surface area (Å²) in [6.45, 7) is 0. The predicted octanol–water partition coefficient (Wildman–Crippen LogP) is 0.530. The third-order valence-electron chi connectivity index (χ3n) is 2.65. The van der Waals surface area contributed by atoms with E-state index in [1.54, 1.807) is 6.07 Å². The highest BCUT2D eigenvalue weighted by atomic mass is 16.6. The first kappa shape index (κ1) is 15.6. The van der Waals surface area contributed by atoms with Crippen molar-refractivity contribution in [2.45, 2.75) is 25.0 Å². The molecule has 2 unspecified atom stereocenters. The largest absolute Gasteiger partial charge is 0.481 e. The molecule has 1 aromatic rings. The third-order valence-corrected chi connectivity index (χ3v) is 2.65. The van der Waals surface area contributed by atoms with Gasteiger partial charge in [-0.15, -0.1) is 0 Å². The Morgan fingerprint density at radius 3 is 2.60 bits per heavy atom. The van der Waals surface area contributed by atoms with Crippen molar-refractivity contribution in [3.05, 3.63) is 39.4 Å². The van der Waals surface area contributed by atoms with Crippen molar-refractivity contribution < 1.29 is 25.0 Å². The first-order valence-corrected chi connectivity index (χ1v) is 5.59. The third kappa shape index (κ3) is 3.74. The molecule has 0 amide bonds. The predicted molar refractivity (Wildman–Crippen MR) is 65.6 cm³/mol. The molecule has 0 saturated carbocycles. The van der Waals surface area contributed by atoms with Crippen LogP contribution in [0.25, 0.3) is 0 Å². The molecule has 3 N–H and O–H groups in total. The van der Waals surface area contributed by atoms with E-state index in [4.69, 9.17) is 10.4 Å². The van der Waals surface area contributed by atoms with Gasteiger partial charge < -0.3 is 15.3 Å². The molecule has 8 nitrogen and oxygen atoms in total. The SMILES string of the molecule is N#CCC(O)C(O)c1ccc(CC(=O)O)c([N+](=O)[O-])c1. The van der Waals surface area contributed by atoms with Crippen LogP contribution >= 0.6 is 0 Å². The zero-order valence-electron chi connectivity index (χ0n) is 10.3. The Balaban J connectivity index is 3.13. The molecule has 0 fully saturated rings. The Bertz CT molecular complexity index is 566. The monoisotopic (exact) mass is 280 g/mol.